The first-order valence-electron chi connectivity index (χ1n) is 8.43. The maximum Gasteiger partial charge on any atom is 0.259 e. The molecular weight excluding hydrogens is 378 g/mol. The number of benzene rings is 2. The monoisotopic (exact) mass is 393 g/mol. The normalized spacial score (nSPS) is 10.6. The standard InChI is InChI=1S/C20H16ClN5O2/c1-28-19-11-18(25-8-4-5-9-25)15(21)10-14(19)20(27)24-16-6-2-3-7-17(16)26-13-22-12-23-26/h2-13H,1H3,(H,24,27). The molecule has 0 saturated heterocycles. The number of anilines is 1. The van der Waals surface area contributed by atoms with Crippen molar-refractivity contribution in [3.8, 4) is 17.1 Å². The first kappa shape index (κ1) is 17.8. The molecule has 1 N–H and O–H groups in total. The molecule has 0 bridgehead atoms. The van der Waals surface area contributed by atoms with Crippen LogP contribution in [0.5, 0.6) is 5.75 Å². The summed E-state index contributed by atoms with van der Waals surface area (Å²) in [5, 5.41) is 7.46. The van der Waals surface area contributed by atoms with E-state index in [1.54, 1.807) is 29.2 Å². The molecule has 2 aromatic heterocycles. The highest BCUT2D eigenvalue weighted by molar-refractivity contribution is 6.33. The fourth-order valence-electron chi connectivity index (χ4n) is 2.88. The van der Waals surface area contributed by atoms with Crippen LogP contribution < -0.4 is 10.1 Å². The minimum absolute atomic E-state index is 0.330. The highest BCUT2D eigenvalue weighted by Gasteiger charge is 2.18. The molecule has 140 valence electrons. The van der Waals surface area contributed by atoms with Gasteiger partial charge in [-0.3, -0.25) is 4.79 Å². The first-order valence-corrected chi connectivity index (χ1v) is 8.81. The Morgan fingerprint density at radius 1 is 1.11 bits per heavy atom. The average Bonchev–Trinajstić information content (AvgIpc) is 3.42. The van der Waals surface area contributed by atoms with Crippen LogP contribution in [0.25, 0.3) is 11.4 Å². The number of methoxy groups -OCH3 is 1. The van der Waals surface area contributed by atoms with E-state index in [0.717, 1.165) is 5.69 Å². The van der Waals surface area contributed by atoms with Crippen LogP contribution in [0.4, 0.5) is 5.69 Å². The molecule has 2 heterocycles. The Labute approximate surface area is 166 Å². The largest absolute Gasteiger partial charge is 0.496 e. The second kappa shape index (κ2) is 7.58. The molecule has 0 spiro atoms. The topological polar surface area (TPSA) is 74.0 Å². The van der Waals surface area contributed by atoms with Crippen molar-refractivity contribution in [2.24, 2.45) is 0 Å². The minimum atomic E-state index is -0.342. The maximum absolute atomic E-state index is 13.0. The van der Waals surface area contributed by atoms with Crippen LogP contribution in [-0.2, 0) is 0 Å². The van der Waals surface area contributed by atoms with Gasteiger partial charge in [0.15, 0.2) is 0 Å². The van der Waals surface area contributed by atoms with Gasteiger partial charge in [-0.05, 0) is 30.3 Å². The van der Waals surface area contributed by atoms with E-state index in [0.29, 0.717) is 27.7 Å². The van der Waals surface area contributed by atoms with E-state index in [1.165, 1.54) is 13.4 Å². The molecule has 7 nitrogen and oxygen atoms in total. The smallest absolute Gasteiger partial charge is 0.259 e. The van der Waals surface area contributed by atoms with E-state index >= 15 is 0 Å². The molecule has 4 aromatic rings. The van der Waals surface area contributed by atoms with Crippen molar-refractivity contribution in [1.82, 2.24) is 19.3 Å². The van der Waals surface area contributed by atoms with Gasteiger partial charge in [0.05, 0.1) is 34.8 Å². The molecular formula is C20H16ClN5O2. The predicted octanol–water partition coefficient (Wildman–Crippen LogP) is 3.97. The molecule has 0 saturated carbocycles. The van der Waals surface area contributed by atoms with E-state index < -0.39 is 0 Å². The van der Waals surface area contributed by atoms with Crippen molar-refractivity contribution in [3.63, 3.8) is 0 Å². The Hall–Kier alpha value is -3.58. The molecule has 4 rings (SSSR count). The number of para-hydroxylation sites is 2. The zero-order chi connectivity index (χ0) is 19.5. The van der Waals surface area contributed by atoms with Gasteiger partial charge in [-0.2, -0.15) is 5.10 Å². The van der Waals surface area contributed by atoms with Gasteiger partial charge in [0.25, 0.3) is 5.91 Å². The second-order valence-corrected chi connectivity index (χ2v) is 6.31. The summed E-state index contributed by atoms with van der Waals surface area (Å²) in [5.41, 5.74) is 2.34. The van der Waals surface area contributed by atoms with Gasteiger partial charge in [0, 0.05) is 18.5 Å². The third-order valence-electron chi connectivity index (χ3n) is 4.21. The van der Waals surface area contributed by atoms with Crippen LogP contribution in [0.1, 0.15) is 10.4 Å². The van der Waals surface area contributed by atoms with Gasteiger partial charge in [-0.15, -0.1) is 0 Å². The summed E-state index contributed by atoms with van der Waals surface area (Å²) in [6.45, 7) is 0. The zero-order valence-electron chi connectivity index (χ0n) is 14.9. The van der Waals surface area contributed by atoms with E-state index in [9.17, 15) is 4.79 Å². The summed E-state index contributed by atoms with van der Waals surface area (Å²) in [5.74, 6) is 0.0780. The summed E-state index contributed by atoms with van der Waals surface area (Å²) >= 11 is 6.43. The van der Waals surface area contributed by atoms with E-state index in [-0.39, 0.29) is 5.91 Å². The van der Waals surface area contributed by atoms with E-state index in [1.807, 2.05) is 47.3 Å². The van der Waals surface area contributed by atoms with Crippen LogP contribution in [0.2, 0.25) is 5.02 Å². The van der Waals surface area contributed by atoms with Crippen molar-refractivity contribution in [3.05, 3.63) is 84.2 Å². The number of nitrogens with zero attached hydrogens (tertiary/aromatic N) is 4. The van der Waals surface area contributed by atoms with Crippen molar-refractivity contribution < 1.29 is 9.53 Å². The van der Waals surface area contributed by atoms with Crippen molar-refractivity contribution in [1.29, 1.82) is 0 Å². The molecule has 0 aliphatic rings. The van der Waals surface area contributed by atoms with Crippen molar-refractivity contribution in [2.45, 2.75) is 0 Å². The lowest BCUT2D eigenvalue weighted by Gasteiger charge is -2.15. The molecule has 0 atom stereocenters. The quantitative estimate of drug-likeness (QED) is 0.556. The van der Waals surface area contributed by atoms with E-state index in [2.05, 4.69) is 15.4 Å². The lowest BCUT2D eigenvalue weighted by atomic mass is 10.1. The first-order chi connectivity index (χ1) is 13.7. The summed E-state index contributed by atoms with van der Waals surface area (Å²) in [4.78, 5) is 16.9. The van der Waals surface area contributed by atoms with Crippen LogP contribution >= 0.6 is 11.6 Å². The Balaban J connectivity index is 1.69. The van der Waals surface area contributed by atoms with Crippen molar-refractivity contribution >= 4 is 23.2 Å². The summed E-state index contributed by atoms with van der Waals surface area (Å²) in [6.07, 6.45) is 6.74. The highest BCUT2D eigenvalue weighted by atomic mass is 35.5. The lowest BCUT2D eigenvalue weighted by molar-refractivity contribution is 0.102. The fraction of sp³-hybridized carbons (Fsp3) is 0.0500. The van der Waals surface area contributed by atoms with Gasteiger partial charge in [0.2, 0.25) is 0 Å². The number of aromatic nitrogens is 4. The zero-order valence-corrected chi connectivity index (χ0v) is 15.7. The number of carbonyl (C=O) groups excluding carboxylic acids is 1. The molecule has 0 fully saturated rings. The van der Waals surface area contributed by atoms with Crippen LogP contribution in [-0.4, -0.2) is 32.3 Å². The number of amides is 1. The number of ether oxygens (including phenoxy) is 1. The molecule has 0 radical (unpaired) electrons. The number of hydrogen-bond donors (Lipinski definition) is 1. The lowest BCUT2D eigenvalue weighted by Crippen LogP contribution is -2.15. The van der Waals surface area contributed by atoms with Crippen molar-refractivity contribution in [2.75, 3.05) is 12.4 Å². The number of rotatable bonds is 5. The molecule has 0 aliphatic heterocycles. The molecule has 8 heteroatoms. The Morgan fingerprint density at radius 2 is 1.89 bits per heavy atom. The molecule has 28 heavy (non-hydrogen) atoms. The highest BCUT2D eigenvalue weighted by Crippen LogP contribution is 2.31. The second-order valence-electron chi connectivity index (χ2n) is 5.91. The number of nitrogens with one attached hydrogen (secondary N) is 1. The molecule has 0 aliphatic carbocycles. The predicted molar refractivity (Wildman–Crippen MR) is 107 cm³/mol. The third kappa shape index (κ3) is 3.35. The SMILES string of the molecule is COc1cc(-n2cccc2)c(Cl)cc1C(=O)Nc1ccccc1-n1cncn1. The summed E-state index contributed by atoms with van der Waals surface area (Å²) in [6, 6.07) is 14.4. The Morgan fingerprint density at radius 3 is 2.61 bits per heavy atom. The van der Waals surface area contributed by atoms with Gasteiger partial charge in [-0.1, -0.05) is 23.7 Å². The van der Waals surface area contributed by atoms with Crippen LogP contribution in [0, 0.1) is 0 Å². The summed E-state index contributed by atoms with van der Waals surface area (Å²) < 4.78 is 8.87. The van der Waals surface area contributed by atoms with Gasteiger partial charge >= 0.3 is 0 Å². The van der Waals surface area contributed by atoms with E-state index in [4.69, 9.17) is 16.3 Å². The summed E-state index contributed by atoms with van der Waals surface area (Å²) in [7, 11) is 1.52. The van der Waals surface area contributed by atoms with Crippen LogP contribution in [0.3, 0.4) is 0 Å². The number of hydrogen-bond acceptors (Lipinski definition) is 4. The van der Waals surface area contributed by atoms with Gasteiger partial charge in [0.1, 0.15) is 18.4 Å². The number of carbonyl (C=O) groups is 1. The Bertz CT molecular complexity index is 1110. The Kier molecular flexibility index (Phi) is 4.82. The molecule has 0 unspecified atom stereocenters. The average molecular weight is 394 g/mol. The molecule has 2 aromatic carbocycles. The third-order valence-corrected chi connectivity index (χ3v) is 4.52. The van der Waals surface area contributed by atoms with Gasteiger partial charge in [-0.25, -0.2) is 9.67 Å². The van der Waals surface area contributed by atoms with Gasteiger partial charge < -0.3 is 14.6 Å². The molecule has 1 amide bonds. The minimum Gasteiger partial charge on any atom is -0.496 e. The fourth-order valence-corrected chi connectivity index (χ4v) is 3.14. The van der Waals surface area contributed by atoms with Crippen LogP contribution in [0.15, 0.2) is 73.6 Å². The maximum atomic E-state index is 13.0. The number of halogens is 1.